The zero-order chi connectivity index (χ0) is 27.8. The van der Waals surface area contributed by atoms with Crippen LogP contribution in [0.15, 0.2) is 72.9 Å². The highest BCUT2D eigenvalue weighted by atomic mass is 19.1. The average Bonchev–Trinajstić information content (AvgIpc) is 3.56. The maximum Gasteiger partial charge on any atom is 0.156 e. The van der Waals surface area contributed by atoms with E-state index in [0.717, 1.165) is 48.6 Å². The number of halogens is 3. The number of aromatic nitrogens is 2. The Labute approximate surface area is 225 Å². The molecule has 5 rings (SSSR count). The molecule has 1 saturated heterocycles. The van der Waals surface area contributed by atoms with E-state index in [-0.39, 0.29) is 11.5 Å². The molecular weight excluding hydrogens is 505 g/mol. The van der Waals surface area contributed by atoms with Crippen molar-refractivity contribution >= 4 is 12.0 Å². The largest absolute Gasteiger partial charge is 0.399 e. The van der Waals surface area contributed by atoms with Gasteiger partial charge in [0.15, 0.2) is 6.23 Å². The van der Waals surface area contributed by atoms with Crippen LogP contribution in [0.2, 0.25) is 0 Å². The normalized spacial score (nSPS) is 15.1. The zero-order valence-corrected chi connectivity index (χ0v) is 21.7. The Bertz CT molecular complexity index is 1350. The van der Waals surface area contributed by atoms with Crippen LogP contribution in [0, 0.1) is 17.5 Å². The third-order valence-corrected chi connectivity index (χ3v) is 6.30. The van der Waals surface area contributed by atoms with E-state index in [2.05, 4.69) is 10.00 Å². The highest BCUT2D eigenvalue weighted by molar-refractivity contribution is 5.66. The molecule has 1 aromatic heterocycles. The van der Waals surface area contributed by atoms with Gasteiger partial charge in [0, 0.05) is 43.0 Å². The number of nitrogens with zero attached hydrogens (tertiary/aromatic N) is 3. The number of carbonyl (C=O) groups excluding carboxylic acids is 1. The number of hydrogen-bond acceptors (Lipinski definition) is 5. The van der Waals surface area contributed by atoms with Crippen molar-refractivity contribution in [3.63, 3.8) is 0 Å². The quantitative estimate of drug-likeness (QED) is 0.218. The minimum atomic E-state index is -0.697. The van der Waals surface area contributed by atoms with Crippen LogP contribution < -0.4 is 5.73 Å². The second-order valence-electron chi connectivity index (χ2n) is 9.21. The number of aldehydes is 1. The first-order valence-electron chi connectivity index (χ1n) is 12.8. The molecule has 0 bridgehead atoms. The molecule has 204 valence electrons. The first-order valence-corrected chi connectivity index (χ1v) is 12.8. The van der Waals surface area contributed by atoms with Gasteiger partial charge in [-0.1, -0.05) is 31.2 Å². The fraction of sp³-hybridized carbons (Fsp3) is 0.267. The second-order valence-corrected chi connectivity index (χ2v) is 9.21. The van der Waals surface area contributed by atoms with E-state index < -0.39 is 17.9 Å². The van der Waals surface area contributed by atoms with Crippen molar-refractivity contribution in [1.29, 1.82) is 0 Å². The Morgan fingerprint density at radius 1 is 1.00 bits per heavy atom. The molecule has 6 nitrogen and oxygen atoms in total. The van der Waals surface area contributed by atoms with Crippen LogP contribution >= 0.6 is 0 Å². The SMILES string of the molecule is CCCC=O.Nc1ccc(CCN2CCOC2c2nn(-c3cc(F)cc(F)c3)cc2-c2ccc(F)cc2)cc1. The summed E-state index contributed by atoms with van der Waals surface area (Å²) < 4.78 is 48.8. The van der Waals surface area contributed by atoms with E-state index in [9.17, 15) is 18.0 Å². The van der Waals surface area contributed by atoms with Crippen molar-refractivity contribution in [2.45, 2.75) is 32.4 Å². The van der Waals surface area contributed by atoms with Crippen LogP contribution in [0.4, 0.5) is 18.9 Å². The van der Waals surface area contributed by atoms with Crippen molar-refractivity contribution in [3.8, 4) is 16.8 Å². The molecule has 0 amide bonds. The number of ether oxygens (including phenoxy) is 1. The van der Waals surface area contributed by atoms with Gasteiger partial charge in [-0.15, -0.1) is 0 Å². The molecule has 0 aliphatic carbocycles. The van der Waals surface area contributed by atoms with Crippen molar-refractivity contribution in [1.82, 2.24) is 14.7 Å². The molecule has 4 aromatic rings. The molecule has 39 heavy (non-hydrogen) atoms. The summed E-state index contributed by atoms with van der Waals surface area (Å²) in [5, 5.41) is 4.67. The maximum absolute atomic E-state index is 13.9. The van der Waals surface area contributed by atoms with Crippen molar-refractivity contribution in [2.75, 3.05) is 25.4 Å². The topological polar surface area (TPSA) is 73.4 Å². The van der Waals surface area contributed by atoms with Gasteiger partial charge < -0.3 is 15.3 Å². The van der Waals surface area contributed by atoms with Gasteiger partial charge in [0.1, 0.15) is 29.4 Å². The zero-order valence-electron chi connectivity index (χ0n) is 21.7. The number of carbonyl (C=O) groups is 1. The highest BCUT2D eigenvalue weighted by Crippen LogP contribution is 2.35. The first-order chi connectivity index (χ1) is 18.9. The predicted octanol–water partition coefficient (Wildman–Crippen LogP) is 6.10. The summed E-state index contributed by atoms with van der Waals surface area (Å²) >= 11 is 0. The fourth-order valence-electron chi connectivity index (χ4n) is 4.29. The first kappa shape index (κ1) is 28.1. The molecule has 0 saturated carbocycles. The van der Waals surface area contributed by atoms with Crippen LogP contribution in [-0.4, -0.2) is 40.7 Å². The minimum absolute atomic E-state index is 0.249. The molecule has 1 unspecified atom stereocenters. The lowest BCUT2D eigenvalue weighted by Gasteiger charge is -2.22. The minimum Gasteiger partial charge on any atom is -0.399 e. The van der Waals surface area contributed by atoms with Gasteiger partial charge in [-0.3, -0.25) is 4.90 Å². The summed E-state index contributed by atoms with van der Waals surface area (Å²) in [6.07, 6.45) is 4.65. The number of rotatable bonds is 8. The van der Waals surface area contributed by atoms with E-state index in [1.807, 2.05) is 31.2 Å². The van der Waals surface area contributed by atoms with Gasteiger partial charge in [-0.2, -0.15) is 5.10 Å². The van der Waals surface area contributed by atoms with Crippen LogP contribution in [0.25, 0.3) is 16.8 Å². The van der Waals surface area contributed by atoms with Gasteiger partial charge in [0.2, 0.25) is 0 Å². The van der Waals surface area contributed by atoms with Gasteiger partial charge in [-0.05, 0) is 60.4 Å². The van der Waals surface area contributed by atoms with Gasteiger partial charge in [0.25, 0.3) is 0 Å². The lowest BCUT2D eigenvalue weighted by Crippen LogP contribution is -2.27. The number of anilines is 1. The molecule has 1 atom stereocenters. The predicted molar refractivity (Wildman–Crippen MR) is 145 cm³/mol. The van der Waals surface area contributed by atoms with Crippen LogP contribution in [0.5, 0.6) is 0 Å². The molecule has 1 fully saturated rings. The second kappa shape index (κ2) is 13.2. The Morgan fingerprint density at radius 2 is 1.69 bits per heavy atom. The summed E-state index contributed by atoms with van der Waals surface area (Å²) in [7, 11) is 0. The number of nitrogen functional groups attached to an aromatic ring is 1. The molecule has 2 heterocycles. The summed E-state index contributed by atoms with van der Waals surface area (Å²) in [5.74, 6) is -1.75. The summed E-state index contributed by atoms with van der Waals surface area (Å²) in [5.41, 5.74) is 9.94. The number of unbranched alkanes of at least 4 members (excludes halogenated alkanes) is 1. The highest BCUT2D eigenvalue weighted by Gasteiger charge is 2.31. The van der Waals surface area contributed by atoms with Crippen LogP contribution in [0.3, 0.4) is 0 Å². The average molecular weight is 537 g/mol. The monoisotopic (exact) mass is 536 g/mol. The van der Waals surface area contributed by atoms with Gasteiger partial charge in [-0.25, -0.2) is 17.9 Å². The third kappa shape index (κ3) is 7.34. The van der Waals surface area contributed by atoms with E-state index in [1.165, 1.54) is 28.9 Å². The standard InChI is InChI=1S/C26H23F3N4O.C4H8O/c27-19-5-3-18(4-6-19)24-16-33(23-14-20(28)13-21(29)15-23)31-25(24)26-32(11-12-34-26)10-9-17-1-7-22(30)8-2-17;1-2-3-4-5/h1-8,13-16,26H,9-12,30H2;4H,2-3H2,1H3. The number of nitrogens with two attached hydrogens (primary N) is 1. The molecule has 0 radical (unpaired) electrons. The lowest BCUT2D eigenvalue weighted by molar-refractivity contribution is -0.107. The Balaban J connectivity index is 0.000000648. The molecule has 2 N–H and O–H groups in total. The van der Waals surface area contributed by atoms with Crippen molar-refractivity contribution in [3.05, 3.63) is 102 Å². The summed E-state index contributed by atoms with van der Waals surface area (Å²) in [4.78, 5) is 11.6. The van der Waals surface area contributed by atoms with E-state index in [0.29, 0.717) is 30.8 Å². The Kier molecular flexibility index (Phi) is 9.51. The van der Waals surface area contributed by atoms with E-state index in [4.69, 9.17) is 10.5 Å². The Morgan fingerprint density at radius 3 is 2.31 bits per heavy atom. The molecule has 1 aliphatic rings. The molecular formula is C30H31F3N4O2. The summed E-state index contributed by atoms with van der Waals surface area (Å²) in [6.45, 7) is 3.94. The molecule has 3 aromatic carbocycles. The lowest BCUT2D eigenvalue weighted by atomic mass is 10.1. The van der Waals surface area contributed by atoms with Gasteiger partial charge >= 0.3 is 0 Å². The van der Waals surface area contributed by atoms with Gasteiger partial charge in [0.05, 0.1) is 12.3 Å². The smallest absolute Gasteiger partial charge is 0.156 e. The molecule has 1 aliphatic heterocycles. The van der Waals surface area contributed by atoms with Crippen LogP contribution in [0.1, 0.15) is 37.3 Å². The van der Waals surface area contributed by atoms with Crippen LogP contribution in [-0.2, 0) is 16.0 Å². The maximum atomic E-state index is 13.9. The van der Waals surface area contributed by atoms with Crippen molar-refractivity contribution < 1.29 is 22.7 Å². The molecule has 0 spiro atoms. The van der Waals surface area contributed by atoms with Crippen molar-refractivity contribution in [2.24, 2.45) is 0 Å². The number of benzene rings is 3. The number of hydrogen-bond donors (Lipinski definition) is 1. The molecule has 9 heteroatoms. The fourth-order valence-corrected chi connectivity index (χ4v) is 4.29. The third-order valence-electron chi connectivity index (χ3n) is 6.30. The summed E-state index contributed by atoms with van der Waals surface area (Å²) in [6, 6.07) is 17.0. The van der Waals surface area contributed by atoms with E-state index >= 15 is 0 Å². The Hall–Kier alpha value is -3.95. The van der Waals surface area contributed by atoms with E-state index in [1.54, 1.807) is 18.3 Å².